The lowest BCUT2D eigenvalue weighted by Crippen LogP contribution is -2.37. The topological polar surface area (TPSA) is 45.5 Å². The van der Waals surface area contributed by atoms with Gasteiger partial charge in [-0.3, -0.25) is 9.69 Å². The molecule has 1 N–H and O–H groups in total. The van der Waals surface area contributed by atoms with E-state index < -0.39 is 6.04 Å². The van der Waals surface area contributed by atoms with Crippen molar-refractivity contribution < 1.29 is 13.6 Å². The lowest BCUT2D eigenvalue weighted by Gasteiger charge is -2.36. The van der Waals surface area contributed by atoms with Crippen LogP contribution in [0.3, 0.4) is 0 Å². The summed E-state index contributed by atoms with van der Waals surface area (Å²) in [6, 6.07) is 23.1. The monoisotopic (exact) mass is 442 g/mol. The van der Waals surface area contributed by atoms with E-state index in [-0.39, 0.29) is 11.7 Å². The third-order valence-corrected chi connectivity index (χ3v) is 6.53. The summed E-state index contributed by atoms with van der Waals surface area (Å²) in [6.07, 6.45) is 2.08. The molecule has 0 saturated carbocycles. The maximum atomic E-state index is 15.1. The number of halogens is 1. The molecule has 0 unspecified atom stereocenters. The zero-order valence-electron chi connectivity index (χ0n) is 18.6. The van der Waals surface area contributed by atoms with Crippen molar-refractivity contribution in [2.45, 2.75) is 25.8 Å². The molecule has 3 aromatic carbocycles. The summed E-state index contributed by atoms with van der Waals surface area (Å²) < 4.78 is 21.5. The molecule has 5 rings (SSSR count). The van der Waals surface area contributed by atoms with Gasteiger partial charge >= 0.3 is 0 Å². The van der Waals surface area contributed by atoms with E-state index in [9.17, 15) is 4.79 Å². The van der Waals surface area contributed by atoms with E-state index in [1.807, 2.05) is 54.6 Å². The van der Waals surface area contributed by atoms with Gasteiger partial charge in [-0.2, -0.15) is 0 Å². The summed E-state index contributed by atoms with van der Waals surface area (Å²) in [5.74, 6) is 0.709. The molecule has 0 bridgehead atoms. The smallest absolute Gasteiger partial charge is 0.255 e. The first kappa shape index (κ1) is 21.4. The molecule has 1 aliphatic heterocycles. The number of piperidine rings is 1. The van der Waals surface area contributed by atoms with E-state index in [4.69, 9.17) is 4.42 Å². The van der Waals surface area contributed by atoms with Gasteiger partial charge in [-0.1, -0.05) is 55.5 Å². The Balaban J connectivity index is 1.64. The van der Waals surface area contributed by atoms with Crippen LogP contribution in [0.25, 0.3) is 11.0 Å². The van der Waals surface area contributed by atoms with E-state index in [0.29, 0.717) is 34.1 Å². The zero-order chi connectivity index (χ0) is 22.8. The molecule has 1 amide bonds. The molecule has 168 valence electrons. The first-order chi connectivity index (χ1) is 16.1. The van der Waals surface area contributed by atoms with Crippen LogP contribution in [-0.2, 0) is 0 Å². The summed E-state index contributed by atoms with van der Waals surface area (Å²) in [4.78, 5) is 15.4. The minimum atomic E-state index is -0.433. The Bertz CT molecular complexity index is 1260. The number of amides is 1. The Morgan fingerprint density at radius 2 is 1.64 bits per heavy atom. The summed E-state index contributed by atoms with van der Waals surface area (Å²) in [5, 5.41) is 3.89. The molecule has 33 heavy (non-hydrogen) atoms. The second-order valence-corrected chi connectivity index (χ2v) is 8.80. The highest BCUT2D eigenvalue weighted by atomic mass is 19.1. The van der Waals surface area contributed by atoms with Crippen molar-refractivity contribution in [1.29, 1.82) is 0 Å². The van der Waals surface area contributed by atoms with Crippen molar-refractivity contribution in [3.8, 4) is 0 Å². The van der Waals surface area contributed by atoms with Crippen LogP contribution in [0, 0.1) is 11.7 Å². The number of nitrogens with one attached hydrogen (secondary N) is 1. The molecule has 4 nitrogen and oxygen atoms in total. The van der Waals surface area contributed by atoms with E-state index >= 15 is 4.39 Å². The van der Waals surface area contributed by atoms with Gasteiger partial charge in [0.15, 0.2) is 5.76 Å². The highest BCUT2D eigenvalue weighted by Crippen LogP contribution is 2.42. The van der Waals surface area contributed by atoms with Crippen LogP contribution in [0.4, 0.5) is 10.1 Å². The standard InChI is InChI=1S/C28H27FN2O2/c1-19-15-17-31(18-16-19)26(21-11-5-7-13-23(21)29)27-25(22-12-6-8-14-24(22)33-27)30-28(32)20-9-3-2-4-10-20/h2-14,19,26H,15-18H2,1H3,(H,30,32)/t26-/m0/s1. The minimum Gasteiger partial charge on any atom is -0.457 e. The number of carbonyl (C=O) groups excluding carboxylic acids is 1. The van der Waals surface area contributed by atoms with Crippen molar-refractivity contribution >= 4 is 22.6 Å². The Morgan fingerprint density at radius 1 is 0.970 bits per heavy atom. The second kappa shape index (κ2) is 9.20. The molecule has 0 aliphatic carbocycles. The van der Waals surface area contributed by atoms with Crippen LogP contribution in [0.5, 0.6) is 0 Å². The predicted octanol–water partition coefficient (Wildman–Crippen LogP) is 6.65. The first-order valence-corrected chi connectivity index (χ1v) is 11.5. The van der Waals surface area contributed by atoms with Crippen LogP contribution >= 0.6 is 0 Å². The number of benzene rings is 3. The van der Waals surface area contributed by atoms with Crippen LogP contribution in [0.2, 0.25) is 0 Å². The molecule has 1 atom stereocenters. The first-order valence-electron chi connectivity index (χ1n) is 11.5. The lowest BCUT2D eigenvalue weighted by molar-refractivity contribution is 0.102. The molecule has 1 fully saturated rings. The minimum absolute atomic E-state index is 0.219. The van der Waals surface area contributed by atoms with Crippen LogP contribution in [0.15, 0.2) is 83.3 Å². The average molecular weight is 443 g/mol. The van der Waals surface area contributed by atoms with Gasteiger partial charge in [-0.05, 0) is 62.2 Å². The van der Waals surface area contributed by atoms with Crippen molar-refractivity contribution in [3.63, 3.8) is 0 Å². The van der Waals surface area contributed by atoms with Gasteiger partial charge in [0.2, 0.25) is 0 Å². The number of hydrogen-bond donors (Lipinski definition) is 1. The molecule has 1 aromatic heterocycles. The summed E-state index contributed by atoms with van der Waals surface area (Å²) in [5.41, 5.74) is 2.39. The highest BCUT2D eigenvalue weighted by molar-refractivity contribution is 6.09. The molecule has 2 heterocycles. The van der Waals surface area contributed by atoms with Crippen molar-refractivity contribution in [2.75, 3.05) is 18.4 Å². The molecule has 0 spiro atoms. The molecule has 1 saturated heterocycles. The van der Waals surface area contributed by atoms with Gasteiger partial charge in [-0.25, -0.2) is 4.39 Å². The summed E-state index contributed by atoms with van der Waals surface area (Å²) in [7, 11) is 0. The number of nitrogens with zero attached hydrogens (tertiary/aromatic N) is 1. The Morgan fingerprint density at radius 3 is 2.39 bits per heavy atom. The molecule has 1 aliphatic rings. The normalized spacial score (nSPS) is 16.1. The molecule has 0 radical (unpaired) electrons. The molecular formula is C28H27FN2O2. The van der Waals surface area contributed by atoms with Gasteiger partial charge in [0.05, 0.1) is 11.7 Å². The molecule has 4 aromatic rings. The number of para-hydroxylation sites is 1. The third kappa shape index (κ3) is 4.29. The Kier molecular flexibility index (Phi) is 5.97. The quantitative estimate of drug-likeness (QED) is 0.377. The number of hydrogen-bond acceptors (Lipinski definition) is 3. The lowest BCUT2D eigenvalue weighted by atomic mass is 9.94. The second-order valence-electron chi connectivity index (χ2n) is 8.80. The van der Waals surface area contributed by atoms with Crippen LogP contribution in [-0.4, -0.2) is 23.9 Å². The van der Waals surface area contributed by atoms with Gasteiger partial charge < -0.3 is 9.73 Å². The highest BCUT2D eigenvalue weighted by Gasteiger charge is 2.33. The number of furan rings is 1. The molecular weight excluding hydrogens is 415 g/mol. The van der Waals surface area contributed by atoms with Gasteiger partial charge in [-0.15, -0.1) is 0 Å². The Labute approximate surface area is 193 Å². The average Bonchev–Trinajstić information content (AvgIpc) is 3.20. The fraction of sp³-hybridized carbons (Fsp3) is 0.250. The van der Waals surface area contributed by atoms with E-state index in [1.54, 1.807) is 18.2 Å². The van der Waals surface area contributed by atoms with Gasteiger partial charge in [0.25, 0.3) is 5.91 Å². The largest absolute Gasteiger partial charge is 0.457 e. The fourth-order valence-corrected chi connectivity index (χ4v) is 4.65. The van der Waals surface area contributed by atoms with Crippen LogP contribution < -0.4 is 5.32 Å². The van der Waals surface area contributed by atoms with Gasteiger partial charge in [0, 0.05) is 16.5 Å². The summed E-state index contributed by atoms with van der Waals surface area (Å²) in [6.45, 7) is 3.93. The Hall–Kier alpha value is -3.44. The number of rotatable bonds is 5. The van der Waals surface area contributed by atoms with Crippen molar-refractivity contribution in [3.05, 3.63) is 102 Å². The summed E-state index contributed by atoms with van der Waals surface area (Å²) >= 11 is 0. The van der Waals surface area contributed by atoms with Gasteiger partial charge in [0.1, 0.15) is 11.4 Å². The van der Waals surface area contributed by atoms with E-state index in [0.717, 1.165) is 31.3 Å². The number of likely N-dealkylation sites (tertiary alicyclic amines) is 1. The number of anilines is 1. The maximum Gasteiger partial charge on any atom is 0.255 e. The third-order valence-electron chi connectivity index (χ3n) is 6.53. The molecule has 5 heteroatoms. The number of carbonyl (C=O) groups is 1. The zero-order valence-corrected chi connectivity index (χ0v) is 18.6. The fourth-order valence-electron chi connectivity index (χ4n) is 4.65. The SMILES string of the molecule is CC1CCN([C@@H](c2ccccc2F)c2oc3ccccc3c2NC(=O)c2ccccc2)CC1. The van der Waals surface area contributed by atoms with E-state index in [2.05, 4.69) is 17.1 Å². The van der Waals surface area contributed by atoms with Crippen molar-refractivity contribution in [2.24, 2.45) is 5.92 Å². The van der Waals surface area contributed by atoms with Crippen LogP contribution in [0.1, 0.15) is 47.5 Å². The van der Waals surface area contributed by atoms with E-state index in [1.165, 1.54) is 6.07 Å². The predicted molar refractivity (Wildman–Crippen MR) is 129 cm³/mol. The number of fused-ring (bicyclic) bond motifs is 1. The maximum absolute atomic E-state index is 15.1. The van der Waals surface area contributed by atoms with Crippen molar-refractivity contribution in [1.82, 2.24) is 4.90 Å².